The monoisotopic (exact) mass is 502 g/mol. The van der Waals surface area contributed by atoms with Crippen LogP contribution in [0.25, 0.3) is 10.2 Å². The number of nitrogens with zero attached hydrogens (tertiary/aromatic N) is 4. The molecule has 0 N–H and O–H groups in total. The minimum Gasteiger partial charge on any atom is -0.373 e. The number of likely N-dealkylation sites (N-methyl/N-ethyl adjacent to an activating group) is 1. The van der Waals surface area contributed by atoms with E-state index in [9.17, 15) is 13.2 Å². The lowest BCUT2D eigenvalue weighted by atomic mass is 10.2. The highest BCUT2D eigenvalue weighted by molar-refractivity contribution is 7.89. The highest BCUT2D eigenvalue weighted by Crippen LogP contribution is 2.30. The van der Waals surface area contributed by atoms with E-state index < -0.39 is 10.0 Å². The van der Waals surface area contributed by atoms with E-state index in [1.165, 1.54) is 27.8 Å². The van der Waals surface area contributed by atoms with E-state index in [0.29, 0.717) is 36.9 Å². The Bertz CT molecular complexity index is 1210. The lowest BCUT2D eigenvalue weighted by Crippen LogP contribution is -2.48. The Morgan fingerprint density at radius 1 is 1.06 bits per heavy atom. The van der Waals surface area contributed by atoms with Gasteiger partial charge in [-0.3, -0.25) is 9.69 Å². The zero-order valence-electron chi connectivity index (χ0n) is 19.8. The molecule has 1 amide bonds. The smallest absolute Gasteiger partial charge is 0.260 e. The molecular formula is C24H30N4O4S2. The molecule has 1 aliphatic heterocycles. The van der Waals surface area contributed by atoms with E-state index in [4.69, 9.17) is 4.74 Å². The lowest BCUT2D eigenvalue weighted by Gasteiger charge is -2.34. The van der Waals surface area contributed by atoms with Crippen LogP contribution < -0.4 is 4.90 Å². The molecule has 1 fully saturated rings. The van der Waals surface area contributed by atoms with Crippen molar-refractivity contribution >= 4 is 42.6 Å². The molecule has 0 bridgehead atoms. The number of carbonyl (C=O) groups is 1. The van der Waals surface area contributed by atoms with Gasteiger partial charge in [0.15, 0.2) is 5.13 Å². The molecule has 0 aliphatic carbocycles. The molecule has 2 aromatic carbocycles. The Morgan fingerprint density at radius 3 is 2.32 bits per heavy atom. The standard InChI is InChI=1S/C24H30N4O4S2/c1-17-15-27(16-18(2)32-17)34(30,31)20-11-9-19(10-12-20)23(29)28(14-13-26(3)4)24-25-21-7-5-6-8-22(21)33-24/h5-12,17-18H,13-16H2,1-4H3. The maximum absolute atomic E-state index is 13.5. The van der Waals surface area contributed by atoms with Crippen LogP contribution in [-0.4, -0.2) is 81.0 Å². The third kappa shape index (κ3) is 5.31. The molecule has 4 rings (SSSR count). The van der Waals surface area contributed by atoms with Crippen LogP contribution in [0.3, 0.4) is 0 Å². The molecule has 0 radical (unpaired) electrons. The number of hydrogen-bond donors (Lipinski definition) is 0. The second-order valence-electron chi connectivity index (χ2n) is 8.83. The third-order valence-electron chi connectivity index (χ3n) is 5.65. The molecule has 2 heterocycles. The van der Waals surface area contributed by atoms with Gasteiger partial charge in [0.2, 0.25) is 10.0 Å². The second-order valence-corrected chi connectivity index (χ2v) is 11.8. The maximum atomic E-state index is 13.5. The first-order valence-corrected chi connectivity index (χ1v) is 13.5. The summed E-state index contributed by atoms with van der Waals surface area (Å²) < 4.78 is 34.4. The van der Waals surface area contributed by atoms with E-state index in [1.807, 2.05) is 57.1 Å². The Labute approximate surface area is 204 Å². The molecule has 0 spiro atoms. The second kappa shape index (κ2) is 10.1. The van der Waals surface area contributed by atoms with Crippen molar-refractivity contribution in [2.45, 2.75) is 31.0 Å². The van der Waals surface area contributed by atoms with Gasteiger partial charge in [-0.05, 0) is 64.3 Å². The number of benzene rings is 2. The average molecular weight is 503 g/mol. The summed E-state index contributed by atoms with van der Waals surface area (Å²) in [4.78, 5) is 22.0. The van der Waals surface area contributed by atoms with Crippen molar-refractivity contribution in [1.29, 1.82) is 0 Å². The zero-order chi connectivity index (χ0) is 24.5. The Kier molecular flexibility index (Phi) is 7.34. The summed E-state index contributed by atoms with van der Waals surface area (Å²) in [5.74, 6) is -0.210. The molecule has 1 aliphatic rings. The fourth-order valence-electron chi connectivity index (χ4n) is 3.96. The van der Waals surface area contributed by atoms with Crippen molar-refractivity contribution in [3.05, 3.63) is 54.1 Å². The first kappa shape index (κ1) is 24.7. The number of anilines is 1. The van der Waals surface area contributed by atoms with Crippen molar-refractivity contribution in [2.24, 2.45) is 0 Å². The van der Waals surface area contributed by atoms with Crippen LogP contribution in [0, 0.1) is 0 Å². The summed E-state index contributed by atoms with van der Waals surface area (Å²) in [5, 5.41) is 0.626. The number of fused-ring (bicyclic) bond motifs is 1. The van der Waals surface area contributed by atoms with Gasteiger partial charge in [-0.25, -0.2) is 13.4 Å². The van der Waals surface area contributed by atoms with Crippen LogP contribution in [-0.2, 0) is 14.8 Å². The van der Waals surface area contributed by atoms with Crippen molar-refractivity contribution in [3.8, 4) is 0 Å². The predicted octanol–water partition coefficient (Wildman–Crippen LogP) is 3.30. The van der Waals surface area contributed by atoms with Gasteiger partial charge in [-0.2, -0.15) is 4.31 Å². The molecule has 2 unspecified atom stereocenters. The molecule has 34 heavy (non-hydrogen) atoms. The van der Waals surface area contributed by atoms with Crippen molar-refractivity contribution in [2.75, 3.05) is 45.2 Å². The maximum Gasteiger partial charge on any atom is 0.260 e. The highest BCUT2D eigenvalue weighted by Gasteiger charge is 2.32. The fourth-order valence-corrected chi connectivity index (χ4v) is 6.54. The number of aromatic nitrogens is 1. The van der Waals surface area contributed by atoms with Gasteiger partial charge in [0.05, 0.1) is 27.3 Å². The first-order valence-electron chi connectivity index (χ1n) is 11.2. The number of hydrogen-bond acceptors (Lipinski definition) is 7. The lowest BCUT2D eigenvalue weighted by molar-refractivity contribution is -0.0440. The van der Waals surface area contributed by atoms with Crippen molar-refractivity contribution in [3.63, 3.8) is 0 Å². The molecule has 0 saturated carbocycles. The molecule has 3 aromatic rings. The fraction of sp³-hybridized carbons (Fsp3) is 0.417. The molecule has 1 saturated heterocycles. The third-order valence-corrected chi connectivity index (χ3v) is 8.56. The Balaban J connectivity index is 1.59. The summed E-state index contributed by atoms with van der Waals surface area (Å²) >= 11 is 1.47. The van der Waals surface area contributed by atoms with Crippen LogP contribution in [0.2, 0.25) is 0 Å². The van der Waals surface area contributed by atoms with Crippen molar-refractivity contribution in [1.82, 2.24) is 14.2 Å². The van der Waals surface area contributed by atoms with Gasteiger partial charge in [-0.1, -0.05) is 23.5 Å². The topological polar surface area (TPSA) is 83.1 Å². The van der Waals surface area contributed by atoms with Gasteiger partial charge in [-0.15, -0.1) is 0 Å². The molecule has 182 valence electrons. The normalized spacial score (nSPS) is 19.6. The van der Waals surface area contributed by atoms with E-state index >= 15 is 0 Å². The van der Waals surface area contributed by atoms with Crippen molar-refractivity contribution < 1.29 is 17.9 Å². The highest BCUT2D eigenvalue weighted by atomic mass is 32.2. The number of para-hydroxylation sites is 1. The number of morpholine rings is 1. The minimum atomic E-state index is -3.67. The van der Waals surface area contributed by atoms with Crippen LogP contribution >= 0.6 is 11.3 Å². The summed E-state index contributed by atoms with van der Waals surface area (Å²) in [6.07, 6.45) is -0.336. The molecule has 10 heteroatoms. The van der Waals surface area contributed by atoms with Gasteiger partial charge in [0.1, 0.15) is 0 Å². The molecular weight excluding hydrogens is 472 g/mol. The van der Waals surface area contributed by atoms with Gasteiger partial charge >= 0.3 is 0 Å². The van der Waals surface area contributed by atoms with Crippen LogP contribution in [0.1, 0.15) is 24.2 Å². The predicted molar refractivity (Wildman–Crippen MR) is 135 cm³/mol. The number of amides is 1. The zero-order valence-corrected chi connectivity index (χ0v) is 21.5. The van der Waals surface area contributed by atoms with Crippen LogP contribution in [0.15, 0.2) is 53.4 Å². The summed E-state index contributed by atoms with van der Waals surface area (Å²) in [5.41, 5.74) is 1.27. The van der Waals surface area contributed by atoms with Gasteiger partial charge in [0, 0.05) is 31.7 Å². The minimum absolute atomic E-state index is 0.168. The Hall–Kier alpha value is -2.37. The van der Waals surface area contributed by atoms with E-state index in [2.05, 4.69) is 4.98 Å². The summed E-state index contributed by atoms with van der Waals surface area (Å²) in [6.45, 7) is 5.48. The Morgan fingerprint density at radius 2 is 1.71 bits per heavy atom. The van der Waals surface area contributed by atoms with Gasteiger partial charge < -0.3 is 9.64 Å². The number of thiazole rings is 1. The van der Waals surface area contributed by atoms with E-state index in [-0.39, 0.29) is 23.0 Å². The van der Waals surface area contributed by atoms with E-state index in [1.54, 1.807) is 17.0 Å². The van der Waals surface area contributed by atoms with E-state index in [0.717, 1.165) is 10.2 Å². The molecule has 8 nitrogen and oxygen atoms in total. The summed E-state index contributed by atoms with van der Waals surface area (Å²) in [7, 11) is 0.235. The number of ether oxygens (including phenoxy) is 1. The largest absolute Gasteiger partial charge is 0.373 e. The average Bonchev–Trinajstić information content (AvgIpc) is 3.22. The summed E-state index contributed by atoms with van der Waals surface area (Å²) in [6, 6.07) is 14.0. The first-order chi connectivity index (χ1) is 16.1. The molecule has 2 atom stereocenters. The number of carbonyl (C=O) groups excluding carboxylic acids is 1. The SMILES string of the molecule is CC1CN(S(=O)(=O)c2ccc(C(=O)N(CCN(C)C)c3nc4ccccc4s3)cc2)CC(C)O1. The number of rotatable bonds is 7. The quantitative estimate of drug-likeness (QED) is 0.493. The van der Waals surface area contributed by atoms with Crippen LogP contribution in [0.5, 0.6) is 0 Å². The molecule has 1 aromatic heterocycles. The number of sulfonamides is 1. The van der Waals surface area contributed by atoms with Gasteiger partial charge in [0.25, 0.3) is 5.91 Å². The van der Waals surface area contributed by atoms with Crippen LogP contribution in [0.4, 0.5) is 5.13 Å².